The van der Waals surface area contributed by atoms with E-state index in [0.29, 0.717) is 61.3 Å². The molecule has 0 amide bonds. The van der Waals surface area contributed by atoms with Crippen molar-refractivity contribution >= 4 is 28.8 Å². The smallest absolute Gasteiger partial charge is 0.368 e. The number of aldehydes is 1. The lowest BCUT2D eigenvalue weighted by atomic mass is 9.97. The highest BCUT2D eigenvalue weighted by Gasteiger charge is 2.41. The quantitative estimate of drug-likeness (QED) is 0.323. The van der Waals surface area contributed by atoms with Gasteiger partial charge in [0.25, 0.3) is 0 Å². The summed E-state index contributed by atoms with van der Waals surface area (Å²) in [5.74, 6) is -0.247. The molecule has 0 saturated carbocycles. The molecule has 0 spiro atoms. The van der Waals surface area contributed by atoms with Gasteiger partial charge < -0.3 is 14.2 Å². The van der Waals surface area contributed by atoms with Gasteiger partial charge in [-0.25, -0.2) is 4.39 Å². The van der Waals surface area contributed by atoms with Crippen molar-refractivity contribution in [3.05, 3.63) is 53.4 Å². The van der Waals surface area contributed by atoms with Crippen LogP contribution in [0, 0.1) is 18.7 Å². The Balaban J connectivity index is 1.27. The molecule has 1 aromatic carbocycles. The number of aromatic nitrogens is 3. The highest BCUT2D eigenvalue weighted by molar-refractivity contribution is 8.14. The van der Waals surface area contributed by atoms with Gasteiger partial charge in [0.05, 0.1) is 34.8 Å². The van der Waals surface area contributed by atoms with Crippen molar-refractivity contribution in [2.24, 2.45) is 10.9 Å². The summed E-state index contributed by atoms with van der Waals surface area (Å²) in [5, 5.41) is 8.61. The van der Waals surface area contributed by atoms with Gasteiger partial charge in [-0.15, -0.1) is 0 Å². The van der Waals surface area contributed by atoms with Crippen LogP contribution in [0.5, 0.6) is 0 Å². The fourth-order valence-corrected chi connectivity index (χ4v) is 6.12. The SMILES string of the molecule is Cc1c(N2CCC(C3=NC[C@H](c4nocc4-c4ccccc4F)S3)CC2)c(C(F)(F)F)nn1CC=O. The molecular weight excluding hydrogens is 498 g/mol. The first-order chi connectivity index (χ1) is 17.3. The number of carbonyl (C=O) groups excluding carboxylic acids is 1. The minimum absolute atomic E-state index is 0.0406. The van der Waals surface area contributed by atoms with Crippen LogP contribution >= 0.6 is 11.8 Å². The summed E-state index contributed by atoms with van der Waals surface area (Å²) >= 11 is 1.56. The average molecular weight is 522 g/mol. The van der Waals surface area contributed by atoms with E-state index in [4.69, 9.17) is 9.52 Å². The molecule has 3 aromatic rings. The van der Waals surface area contributed by atoms with E-state index in [2.05, 4.69) is 10.3 Å². The van der Waals surface area contributed by atoms with Crippen LogP contribution < -0.4 is 4.90 Å². The number of anilines is 1. The number of thioether (sulfide) groups is 1. The molecule has 2 aliphatic rings. The van der Waals surface area contributed by atoms with Gasteiger partial charge in [0.1, 0.15) is 24.1 Å². The van der Waals surface area contributed by atoms with E-state index in [-0.39, 0.29) is 29.2 Å². The molecule has 1 saturated heterocycles. The maximum atomic E-state index is 14.3. The number of rotatable bonds is 6. The summed E-state index contributed by atoms with van der Waals surface area (Å²) in [4.78, 5) is 17.3. The Morgan fingerprint density at radius 1 is 1.19 bits per heavy atom. The standard InChI is InChI=1S/C24H23F4N5O2S/c1-14-21(22(24(26,27)28)30-33(14)10-11-34)32-8-6-15(7-9-32)23-29-12-19(36-23)20-17(13-35-31-20)16-4-2-3-5-18(16)25/h2-5,11,13,15,19H,6-10,12H2,1H3/t19-/m1/s1. The zero-order valence-corrected chi connectivity index (χ0v) is 20.2. The predicted molar refractivity (Wildman–Crippen MR) is 127 cm³/mol. The molecule has 12 heteroatoms. The van der Waals surface area contributed by atoms with Crippen molar-refractivity contribution in [3.8, 4) is 11.1 Å². The van der Waals surface area contributed by atoms with Crippen LogP contribution in [0.1, 0.15) is 35.2 Å². The molecule has 1 atom stereocenters. The van der Waals surface area contributed by atoms with Crippen LogP contribution in [0.4, 0.5) is 23.2 Å². The minimum atomic E-state index is -4.61. The summed E-state index contributed by atoms with van der Waals surface area (Å²) in [6.45, 7) is 2.63. The predicted octanol–water partition coefficient (Wildman–Crippen LogP) is 5.31. The average Bonchev–Trinajstić information content (AvgIpc) is 3.59. The second-order valence-electron chi connectivity index (χ2n) is 8.77. The van der Waals surface area contributed by atoms with Crippen LogP contribution in [-0.4, -0.2) is 45.9 Å². The van der Waals surface area contributed by atoms with Crippen LogP contribution in [-0.2, 0) is 17.5 Å². The highest BCUT2D eigenvalue weighted by atomic mass is 32.2. The minimum Gasteiger partial charge on any atom is -0.368 e. The van der Waals surface area contributed by atoms with Gasteiger partial charge in [-0.2, -0.15) is 18.3 Å². The Kier molecular flexibility index (Phi) is 6.62. The summed E-state index contributed by atoms with van der Waals surface area (Å²) in [6.07, 6.45) is -1.37. The molecule has 2 aliphatic heterocycles. The summed E-state index contributed by atoms with van der Waals surface area (Å²) in [5.41, 5.74) is 1.06. The second kappa shape index (κ2) is 9.72. The van der Waals surface area contributed by atoms with Crippen LogP contribution in [0.25, 0.3) is 11.1 Å². The third-order valence-electron chi connectivity index (χ3n) is 6.59. The molecule has 0 radical (unpaired) electrons. The maximum Gasteiger partial charge on any atom is 0.437 e. The Hall–Kier alpha value is -3.15. The Labute approximate surface area is 208 Å². The molecule has 0 bridgehead atoms. The van der Waals surface area contributed by atoms with Crippen LogP contribution in [0.3, 0.4) is 0 Å². The van der Waals surface area contributed by atoms with E-state index in [1.165, 1.54) is 12.3 Å². The normalized spacial score (nSPS) is 19.1. The Bertz CT molecular complexity index is 1290. The van der Waals surface area contributed by atoms with E-state index in [0.717, 1.165) is 9.73 Å². The number of aliphatic imine (C=N–C) groups is 1. The number of benzene rings is 1. The first kappa shape index (κ1) is 24.5. The van der Waals surface area contributed by atoms with Gasteiger partial charge in [0.15, 0.2) is 5.69 Å². The first-order valence-electron chi connectivity index (χ1n) is 11.5. The fraction of sp³-hybridized carbons (Fsp3) is 0.417. The first-order valence-corrected chi connectivity index (χ1v) is 12.4. The largest absolute Gasteiger partial charge is 0.437 e. The van der Waals surface area contributed by atoms with Crippen molar-refractivity contribution in [3.63, 3.8) is 0 Å². The lowest BCUT2D eigenvalue weighted by Gasteiger charge is -2.34. The number of piperidine rings is 1. The molecule has 0 unspecified atom stereocenters. The van der Waals surface area contributed by atoms with Gasteiger partial charge in [0.2, 0.25) is 0 Å². The lowest BCUT2D eigenvalue weighted by molar-refractivity contribution is -0.141. The van der Waals surface area contributed by atoms with Crippen molar-refractivity contribution in [2.45, 2.75) is 37.7 Å². The zero-order valence-electron chi connectivity index (χ0n) is 19.3. The Morgan fingerprint density at radius 2 is 1.94 bits per heavy atom. The van der Waals surface area contributed by atoms with Crippen LogP contribution in [0.2, 0.25) is 0 Å². The molecule has 4 heterocycles. The van der Waals surface area contributed by atoms with E-state index in [9.17, 15) is 22.4 Å². The van der Waals surface area contributed by atoms with E-state index in [1.807, 2.05) is 0 Å². The zero-order chi connectivity index (χ0) is 25.4. The third kappa shape index (κ3) is 4.54. The van der Waals surface area contributed by atoms with Gasteiger partial charge in [0, 0.05) is 30.1 Å². The van der Waals surface area contributed by atoms with Crippen LogP contribution in [0.15, 0.2) is 40.0 Å². The molecule has 5 rings (SSSR count). The number of alkyl halides is 3. The summed E-state index contributed by atoms with van der Waals surface area (Å²) < 4.78 is 61.6. The van der Waals surface area contributed by atoms with Gasteiger partial charge in [-0.1, -0.05) is 35.1 Å². The van der Waals surface area contributed by atoms with Crippen molar-refractivity contribution < 1.29 is 26.9 Å². The van der Waals surface area contributed by atoms with Crippen molar-refractivity contribution in [1.82, 2.24) is 14.9 Å². The fourth-order valence-electron chi connectivity index (χ4n) is 4.82. The molecule has 36 heavy (non-hydrogen) atoms. The molecule has 0 aliphatic carbocycles. The van der Waals surface area contributed by atoms with Crippen molar-refractivity contribution in [1.29, 1.82) is 0 Å². The van der Waals surface area contributed by atoms with Crippen molar-refractivity contribution in [2.75, 3.05) is 24.5 Å². The molecule has 1 fully saturated rings. The van der Waals surface area contributed by atoms with E-state index >= 15 is 0 Å². The molecule has 0 N–H and O–H groups in total. The lowest BCUT2D eigenvalue weighted by Crippen LogP contribution is -2.36. The number of carbonyl (C=O) groups is 1. The monoisotopic (exact) mass is 521 g/mol. The third-order valence-corrected chi connectivity index (χ3v) is 7.95. The molecule has 7 nitrogen and oxygen atoms in total. The highest BCUT2D eigenvalue weighted by Crippen LogP contribution is 2.44. The second-order valence-corrected chi connectivity index (χ2v) is 9.99. The maximum absolute atomic E-state index is 14.3. The van der Waals surface area contributed by atoms with Gasteiger partial charge in [-0.05, 0) is 25.8 Å². The number of nitrogens with zero attached hydrogens (tertiary/aromatic N) is 5. The summed E-state index contributed by atoms with van der Waals surface area (Å²) in [7, 11) is 0. The number of hydrogen-bond acceptors (Lipinski definition) is 7. The number of hydrogen-bond donors (Lipinski definition) is 0. The number of halogens is 4. The van der Waals surface area contributed by atoms with Gasteiger partial charge >= 0.3 is 6.18 Å². The topological polar surface area (TPSA) is 76.5 Å². The Morgan fingerprint density at radius 3 is 2.64 bits per heavy atom. The molecular formula is C24H23F4N5O2S. The van der Waals surface area contributed by atoms with E-state index < -0.39 is 11.9 Å². The van der Waals surface area contributed by atoms with E-state index in [1.54, 1.807) is 41.8 Å². The molecule has 2 aromatic heterocycles. The molecule has 190 valence electrons. The van der Waals surface area contributed by atoms with Gasteiger partial charge in [-0.3, -0.25) is 9.67 Å². The summed E-state index contributed by atoms with van der Waals surface area (Å²) in [6, 6.07) is 6.44.